The number of carbonyl (C=O) groups excluding carboxylic acids is 2. The van der Waals surface area contributed by atoms with Crippen molar-refractivity contribution in [1.29, 1.82) is 0 Å². The van der Waals surface area contributed by atoms with Gasteiger partial charge in [0.05, 0.1) is 0 Å². The quantitative estimate of drug-likeness (QED) is 0.761. The van der Waals surface area contributed by atoms with Crippen LogP contribution < -0.4 is 5.32 Å². The minimum absolute atomic E-state index is 0.102. The largest absolute Gasteiger partial charge is 0.445 e. The third-order valence-electron chi connectivity index (χ3n) is 3.78. The van der Waals surface area contributed by atoms with Crippen LogP contribution in [-0.2, 0) is 9.53 Å². The molecule has 0 saturated carbocycles. The summed E-state index contributed by atoms with van der Waals surface area (Å²) in [6, 6.07) is 0.173. The van der Waals surface area contributed by atoms with E-state index in [-0.39, 0.29) is 30.6 Å². The molecule has 0 atom stereocenters. The van der Waals surface area contributed by atoms with Crippen molar-refractivity contribution in [3.63, 3.8) is 0 Å². The number of amides is 2. The van der Waals surface area contributed by atoms with Crippen LogP contribution in [0.5, 0.6) is 0 Å². The highest BCUT2D eigenvalue weighted by Crippen LogP contribution is 2.14. The first-order valence-corrected chi connectivity index (χ1v) is 7.45. The second-order valence-electron chi connectivity index (χ2n) is 5.15. The number of nitrogens with one attached hydrogen (secondary N) is 1. The number of hydrogen-bond donors (Lipinski definition) is 1. The van der Waals surface area contributed by atoms with Gasteiger partial charge in [0.15, 0.2) is 0 Å². The number of hydrogen-bond acceptors (Lipinski definition) is 3. The Morgan fingerprint density at radius 1 is 1.35 bits per heavy atom. The highest BCUT2D eigenvalue weighted by Gasteiger charge is 2.25. The molecule has 5 heteroatoms. The molecule has 1 aliphatic heterocycles. The predicted octanol–water partition coefficient (Wildman–Crippen LogP) is 2.33. The maximum Gasteiger partial charge on any atom is 0.410 e. The Hall–Kier alpha value is -1.52. The Labute approximate surface area is 121 Å². The van der Waals surface area contributed by atoms with Crippen LogP contribution in [0.1, 0.15) is 39.5 Å². The molecule has 2 amide bonds. The van der Waals surface area contributed by atoms with Gasteiger partial charge >= 0.3 is 6.09 Å². The van der Waals surface area contributed by atoms with Crippen molar-refractivity contribution in [2.75, 3.05) is 19.7 Å². The van der Waals surface area contributed by atoms with Gasteiger partial charge in [-0.25, -0.2) is 4.79 Å². The highest BCUT2D eigenvalue weighted by atomic mass is 16.6. The maximum absolute atomic E-state index is 12.0. The van der Waals surface area contributed by atoms with Crippen molar-refractivity contribution in [2.24, 2.45) is 5.92 Å². The molecule has 0 aromatic rings. The summed E-state index contributed by atoms with van der Waals surface area (Å²) >= 11 is 0. The van der Waals surface area contributed by atoms with E-state index in [1.807, 2.05) is 13.8 Å². The Morgan fingerprint density at radius 3 is 2.45 bits per heavy atom. The first-order valence-electron chi connectivity index (χ1n) is 7.45. The molecule has 1 heterocycles. The van der Waals surface area contributed by atoms with E-state index in [1.54, 1.807) is 11.0 Å². The summed E-state index contributed by atoms with van der Waals surface area (Å²) in [4.78, 5) is 25.3. The van der Waals surface area contributed by atoms with E-state index in [0.717, 1.165) is 25.7 Å². The first kappa shape index (κ1) is 16.5. The first-order chi connectivity index (χ1) is 9.62. The van der Waals surface area contributed by atoms with E-state index in [9.17, 15) is 9.59 Å². The summed E-state index contributed by atoms with van der Waals surface area (Å²) in [5.74, 6) is 0.244. The van der Waals surface area contributed by atoms with E-state index in [4.69, 9.17) is 4.74 Å². The van der Waals surface area contributed by atoms with Crippen LogP contribution in [0.3, 0.4) is 0 Å². The van der Waals surface area contributed by atoms with Crippen LogP contribution in [0.2, 0.25) is 0 Å². The topological polar surface area (TPSA) is 58.6 Å². The van der Waals surface area contributed by atoms with Gasteiger partial charge in [0, 0.05) is 25.0 Å². The molecular weight excluding hydrogens is 256 g/mol. The fourth-order valence-electron chi connectivity index (χ4n) is 2.41. The zero-order valence-electron chi connectivity index (χ0n) is 12.6. The van der Waals surface area contributed by atoms with E-state index in [2.05, 4.69) is 11.9 Å². The van der Waals surface area contributed by atoms with Crippen LogP contribution in [0.25, 0.3) is 0 Å². The van der Waals surface area contributed by atoms with Crippen molar-refractivity contribution in [2.45, 2.75) is 45.6 Å². The van der Waals surface area contributed by atoms with Gasteiger partial charge in [0.25, 0.3) is 0 Å². The molecule has 1 aliphatic rings. The molecule has 0 aromatic carbocycles. The second-order valence-corrected chi connectivity index (χ2v) is 5.15. The zero-order chi connectivity index (χ0) is 15.0. The lowest BCUT2D eigenvalue weighted by molar-refractivity contribution is -0.126. The van der Waals surface area contributed by atoms with E-state index in [0.29, 0.717) is 13.1 Å². The average molecular weight is 282 g/mol. The summed E-state index contributed by atoms with van der Waals surface area (Å²) in [5.41, 5.74) is 0. The summed E-state index contributed by atoms with van der Waals surface area (Å²) in [7, 11) is 0. The van der Waals surface area contributed by atoms with Crippen molar-refractivity contribution in [1.82, 2.24) is 10.2 Å². The smallest absolute Gasteiger partial charge is 0.410 e. The number of nitrogens with zero attached hydrogens (tertiary/aromatic N) is 1. The lowest BCUT2D eigenvalue weighted by Crippen LogP contribution is -2.47. The predicted molar refractivity (Wildman–Crippen MR) is 78.4 cm³/mol. The fraction of sp³-hybridized carbons (Fsp3) is 0.733. The number of carbonyl (C=O) groups is 2. The van der Waals surface area contributed by atoms with Gasteiger partial charge in [-0.1, -0.05) is 26.5 Å². The standard InChI is InChI=1S/C15H26N2O3/c1-4-11-20-15(19)17-9-7-13(8-10-17)16-14(18)12(5-2)6-3/h4,12-13H,1,5-11H2,2-3H3,(H,16,18). The summed E-state index contributed by atoms with van der Waals surface area (Å²) in [6.45, 7) is 9.08. The molecule has 20 heavy (non-hydrogen) atoms. The molecule has 0 bridgehead atoms. The molecule has 0 radical (unpaired) electrons. The van der Waals surface area contributed by atoms with Crippen LogP contribution in [-0.4, -0.2) is 42.6 Å². The van der Waals surface area contributed by atoms with Gasteiger partial charge in [-0.3, -0.25) is 4.79 Å². The number of likely N-dealkylation sites (tertiary alicyclic amines) is 1. The van der Waals surface area contributed by atoms with Gasteiger partial charge in [-0.2, -0.15) is 0 Å². The van der Waals surface area contributed by atoms with Crippen molar-refractivity contribution < 1.29 is 14.3 Å². The number of ether oxygens (including phenoxy) is 1. The minimum atomic E-state index is -0.297. The molecule has 0 unspecified atom stereocenters. The lowest BCUT2D eigenvalue weighted by Gasteiger charge is -2.32. The highest BCUT2D eigenvalue weighted by molar-refractivity contribution is 5.78. The van der Waals surface area contributed by atoms with Crippen LogP contribution in [0, 0.1) is 5.92 Å². The van der Waals surface area contributed by atoms with Gasteiger partial charge in [0.1, 0.15) is 6.61 Å². The molecule has 0 spiro atoms. The van der Waals surface area contributed by atoms with Gasteiger partial charge in [-0.05, 0) is 25.7 Å². The van der Waals surface area contributed by atoms with Gasteiger partial charge < -0.3 is 15.0 Å². The van der Waals surface area contributed by atoms with Crippen molar-refractivity contribution in [3.05, 3.63) is 12.7 Å². The molecule has 1 N–H and O–H groups in total. The van der Waals surface area contributed by atoms with Crippen LogP contribution in [0.15, 0.2) is 12.7 Å². The Balaban J connectivity index is 2.33. The fourth-order valence-corrected chi connectivity index (χ4v) is 2.41. The molecular formula is C15H26N2O3. The SMILES string of the molecule is C=CCOC(=O)N1CCC(NC(=O)C(CC)CC)CC1. The summed E-state index contributed by atoms with van der Waals surface area (Å²) in [5, 5.41) is 3.09. The second kappa shape index (κ2) is 8.61. The number of piperidine rings is 1. The molecule has 114 valence electrons. The third-order valence-corrected chi connectivity index (χ3v) is 3.78. The normalized spacial score (nSPS) is 16.1. The minimum Gasteiger partial charge on any atom is -0.445 e. The van der Waals surface area contributed by atoms with Crippen molar-refractivity contribution >= 4 is 12.0 Å². The molecule has 1 rings (SSSR count). The average Bonchev–Trinajstić information content (AvgIpc) is 2.46. The van der Waals surface area contributed by atoms with Gasteiger partial charge in [0.2, 0.25) is 5.91 Å². The monoisotopic (exact) mass is 282 g/mol. The zero-order valence-corrected chi connectivity index (χ0v) is 12.6. The van der Waals surface area contributed by atoms with Crippen molar-refractivity contribution in [3.8, 4) is 0 Å². The number of rotatable bonds is 6. The molecule has 1 saturated heterocycles. The Morgan fingerprint density at radius 2 is 1.95 bits per heavy atom. The van der Waals surface area contributed by atoms with Gasteiger partial charge in [-0.15, -0.1) is 0 Å². The maximum atomic E-state index is 12.0. The van der Waals surface area contributed by atoms with Crippen LogP contribution in [0.4, 0.5) is 4.79 Å². The molecule has 0 aromatic heterocycles. The lowest BCUT2D eigenvalue weighted by atomic mass is 10.00. The summed E-state index contributed by atoms with van der Waals surface area (Å²) < 4.78 is 5.00. The van der Waals surface area contributed by atoms with E-state index >= 15 is 0 Å². The molecule has 0 aliphatic carbocycles. The third kappa shape index (κ3) is 4.87. The molecule has 5 nitrogen and oxygen atoms in total. The molecule has 1 fully saturated rings. The van der Waals surface area contributed by atoms with E-state index < -0.39 is 0 Å². The van der Waals surface area contributed by atoms with E-state index in [1.165, 1.54) is 0 Å². The Bertz CT molecular complexity index is 332. The van der Waals surface area contributed by atoms with Crippen LogP contribution >= 0.6 is 0 Å². The summed E-state index contributed by atoms with van der Waals surface area (Å²) in [6.07, 6.45) is 4.57. The Kier molecular flexibility index (Phi) is 7.12.